The number of hydrogen-bond donors (Lipinski definition) is 1. The Morgan fingerprint density at radius 1 is 1.02 bits per heavy atom. The van der Waals surface area contributed by atoms with Crippen LogP contribution >= 0.6 is 15.9 Å². The van der Waals surface area contributed by atoms with Crippen LogP contribution in [0.4, 0.5) is 0 Å². The van der Waals surface area contributed by atoms with E-state index in [1.807, 2.05) is 0 Å². The van der Waals surface area contributed by atoms with Gasteiger partial charge in [-0.1, -0.05) is 63.9 Å². The largest absolute Gasteiger partial charge is 0.465 e. The van der Waals surface area contributed by atoms with Gasteiger partial charge in [0.1, 0.15) is 12.2 Å². The number of halogens is 1. The van der Waals surface area contributed by atoms with Gasteiger partial charge in [0.25, 0.3) is 0 Å². The van der Waals surface area contributed by atoms with Crippen LogP contribution < -0.4 is 0 Å². The van der Waals surface area contributed by atoms with E-state index in [1.165, 1.54) is 13.8 Å². The Morgan fingerprint density at radius 3 is 2.22 bits per heavy atom. The number of ether oxygens (including phenoxy) is 3. The molecule has 0 aromatic carbocycles. The molecule has 0 amide bonds. The van der Waals surface area contributed by atoms with E-state index in [9.17, 15) is 19.5 Å². The van der Waals surface area contributed by atoms with Gasteiger partial charge in [0, 0.05) is 25.1 Å². The molecule has 1 saturated heterocycles. The third-order valence-electron chi connectivity index (χ3n) is 12.3. The Morgan fingerprint density at radius 2 is 1.63 bits per heavy atom. The van der Waals surface area contributed by atoms with Crippen LogP contribution in [0.15, 0.2) is 0 Å². The molecule has 1 N–H and O–H groups in total. The zero-order chi connectivity index (χ0) is 30.4. The molecule has 4 rings (SSSR count). The van der Waals surface area contributed by atoms with Gasteiger partial charge < -0.3 is 19.3 Å². The summed E-state index contributed by atoms with van der Waals surface area (Å²) in [4.78, 5) is 37.5. The second kappa shape index (κ2) is 12.5. The summed E-state index contributed by atoms with van der Waals surface area (Å²) in [5.74, 6) is 0.822. The molecule has 0 aromatic rings. The summed E-state index contributed by atoms with van der Waals surface area (Å²) in [6, 6.07) is 0. The van der Waals surface area contributed by atoms with Crippen molar-refractivity contribution in [3.05, 3.63) is 0 Å². The first-order valence-corrected chi connectivity index (χ1v) is 16.9. The zero-order valence-electron chi connectivity index (χ0n) is 26.4. The first kappa shape index (κ1) is 32.8. The minimum atomic E-state index is -0.652. The molecular formula is C33H53BrO7. The minimum Gasteiger partial charge on any atom is -0.465 e. The highest BCUT2D eigenvalue weighted by Gasteiger charge is 2.64. The predicted molar refractivity (Wildman–Crippen MR) is 160 cm³/mol. The molecule has 1 heterocycles. The number of cyclic esters (lactones) is 1. The molecule has 0 aromatic heterocycles. The van der Waals surface area contributed by atoms with Crippen molar-refractivity contribution in [2.75, 3.05) is 6.61 Å². The highest BCUT2D eigenvalue weighted by Crippen LogP contribution is 2.66. The Kier molecular flexibility index (Phi) is 9.95. The summed E-state index contributed by atoms with van der Waals surface area (Å²) in [7, 11) is 0. The van der Waals surface area contributed by atoms with E-state index >= 15 is 0 Å². The maximum absolute atomic E-state index is 13.5. The van der Waals surface area contributed by atoms with Crippen molar-refractivity contribution >= 4 is 33.8 Å². The van der Waals surface area contributed by atoms with Gasteiger partial charge >= 0.3 is 17.9 Å². The maximum atomic E-state index is 13.5. The minimum absolute atomic E-state index is 0.0562. The Bertz CT molecular complexity index is 985. The molecule has 3 aliphatic carbocycles. The molecule has 8 heteroatoms. The zero-order valence-corrected chi connectivity index (χ0v) is 27.9. The van der Waals surface area contributed by atoms with Crippen LogP contribution in [0.5, 0.6) is 0 Å². The molecule has 4 fully saturated rings. The normalized spacial score (nSPS) is 41.5. The van der Waals surface area contributed by atoms with Crippen LogP contribution in [-0.2, 0) is 28.6 Å². The van der Waals surface area contributed by atoms with E-state index in [2.05, 4.69) is 57.5 Å². The smallest absolute Gasteiger partial charge is 0.309 e. The van der Waals surface area contributed by atoms with Crippen LogP contribution in [0.1, 0.15) is 100 Å². The lowest BCUT2D eigenvalue weighted by Crippen LogP contribution is -2.56. The van der Waals surface area contributed by atoms with Gasteiger partial charge in [0.2, 0.25) is 0 Å². The number of hydrogen-bond acceptors (Lipinski definition) is 7. The van der Waals surface area contributed by atoms with Crippen LogP contribution in [-0.4, -0.2) is 52.8 Å². The molecule has 0 bridgehead atoms. The lowest BCUT2D eigenvalue weighted by atomic mass is 9.48. The van der Waals surface area contributed by atoms with Crippen molar-refractivity contribution in [1.82, 2.24) is 0 Å². The Balaban J connectivity index is 1.60. The molecular weight excluding hydrogens is 588 g/mol. The van der Waals surface area contributed by atoms with E-state index in [1.54, 1.807) is 0 Å². The van der Waals surface area contributed by atoms with Crippen LogP contribution in [0.25, 0.3) is 0 Å². The standard InChI is InChI=1S/C33H53BrO7/c1-9-21(17(2)3)29(34)30(37)18(4)23-10-11-24-22-16-39-31(38)26-14-27(40-19(5)35)28(41-20(6)36)15-33(26,8)25(22)12-13-32(23,24)7/h17-18,21-30,37H,9-16H2,1-8H3/t18-,21-,22-,23+,24-,25-,26+,27-,28+,29?,30?,32+,33+/m0/s1. The number of esters is 3. The fourth-order valence-corrected chi connectivity index (χ4v) is 11.6. The quantitative estimate of drug-likeness (QED) is 0.188. The molecule has 13 atom stereocenters. The first-order valence-electron chi connectivity index (χ1n) is 16.0. The van der Waals surface area contributed by atoms with Gasteiger partial charge in [0.15, 0.2) is 0 Å². The number of aliphatic hydroxyl groups is 1. The van der Waals surface area contributed by atoms with Crippen molar-refractivity contribution < 1.29 is 33.7 Å². The van der Waals surface area contributed by atoms with Crippen molar-refractivity contribution in [3.8, 4) is 0 Å². The third-order valence-corrected chi connectivity index (χ3v) is 13.5. The van der Waals surface area contributed by atoms with E-state index in [0.29, 0.717) is 43.1 Å². The van der Waals surface area contributed by atoms with Gasteiger partial charge in [-0.05, 0) is 84.4 Å². The lowest BCUT2D eigenvalue weighted by Gasteiger charge is -2.56. The van der Waals surface area contributed by atoms with Crippen LogP contribution in [0.2, 0.25) is 0 Å². The van der Waals surface area contributed by atoms with Crippen LogP contribution in [0.3, 0.4) is 0 Å². The third kappa shape index (κ3) is 5.99. The molecule has 0 spiro atoms. The highest BCUT2D eigenvalue weighted by molar-refractivity contribution is 9.09. The van der Waals surface area contributed by atoms with E-state index in [4.69, 9.17) is 14.2 Å². The van der Waals surface area contributed by atoms with Crippen molar-refractivity contribution in [2.24, 2.45) is 58.2 Å². The summed E-state index contributed by atoms with van der Waals surface area (Å²) in [5, 5.41) is 11.6. The molecule has 3 saturated carbocycles. The Hall–Kier alpha value is -1.15. The van der Waals surface area contributed by atoms with Gasteiger partial charge in [-0.2, -0.15) is 0 Å². The average Bonchev–Trinajstić information content (AvgIpc) is 3.19. The van der Waals surface area contributed by atoms with E-state index < -0.39 is 41.6 Å². The SMILES string of the molecule is CC[C@@H](C(C)C)C(Br)C(O)[C@@H](C)[C@H]1CC[C@H]2[C@@H]3COC(=O)[C@H]4C[C@H](OC(C)=O)[C@H](OC(C)=O)C[C@]4(C)[C@H]3CC[C@]12C. The monoisotopic (exact) mass is 640 g/mol. The molecule has 7 nitrogen and oxygen atoms in total. The number of carbonyl (C=O) groups excluding carboxylic acids is 3. The van der Waals surface area contributed by atoms with E-state index in [-0.39, 0.29) is 34.0 Å². The number of fused-ring (bicyclic) bond motifs is 5. The van der Waals surface area contributed by atoms with E-state index in [0.717, 1.165) is 32.1 Å². The number of rotatable bonds is 8. The molecule has 4 aliphatic rings. The van der Waals surface area contributed by atoms with Crippen molar-refractivity contribution in [3.63, 3.8) is 0 Å². The molecule has 234 valence electrons. The number of alkyl halides is 1. The first-order chi connectivity index (χ1) is 19.1. The fraction of sp³-hybridized carbons (Fsp3) is 0.909. The van der Waals surface area contributed by atoms with Gasteiger partial charge in [0.05, 0.1) is 18.6 Å². The molecule has 0 radical (unpaired) electrons. The fourth-order valence-electron chi connectivity index (χ4n) is 10.2. The van der Waals surface area contributed by atoms with Gasteiger partial charge in [-0.15, -0.1) is 0 Å². The molecule has 41 heavy (non-hydrogen) atoms. The highest BCUT2D eigenvalue weighted by atomic mass is 79.9. The Labute approximate surface area is 255 Å². The summed E-state index contributed by atoms with van der Waals surface area (Å²) in [5.41, 5.74) is -0.368. The predicted octanol–water partition coefficient (Wildman–Crippen LogP) is 6.32. The summed E-state index contributed by atoms with van der Waals surface area (Å²) >= 11 is 3.91. The number of carbonyl (C=O) groups is 3. The topological polar surface area (TPSA) is 99.1 Å². The van der Waals surface area contributed by atoms with Crippen LogP contribution in [0, 0.1) is 58.2 Å². The second-order valence-electron chi connectivity index (χ2n) is 14.6. The summed E-state index contributed by atoms with van der Waals surface area (Å²) in [6.07, 6.45) is 4.31. The van der Waals surface area contributed by atoms with Crippen molar-refractivity contribution in [2.45, 2.75) is 123 Å². The average molecular weight is 642 g/mol. The summed E-state index contributed by atoms with van der Waals surface area (Å²) < 4.78 is 17.3. The van der Waals surface area contributed by atoms with Gasteiger partial charge in [-0.3, -0.25) is 14.4 Å². The maximum Gasteiger partial charge on any atom is 0.309 e. The second-order valence-corrected chi connectivity index (χ2v) is 15.7. The summed E-state index contributed by atoms with van der Waals surface area (Å²) in [6.45, 7) is 16.6. The van der Waals surface area contributed by atoms with Crippen molar-refractivity contribution in [1.29, 1.82) is 0 Å². The number of aliphatic hydroxyl groups excluding tert-OH is 1. The lowest BCUT2D eigenvalue weighted by molar-refractivity contribution is -0.188. The van der Waals surface area contributed by atoms with Gasteiger partial charge in [-0.25, -0.2) is 0 Å². The molecule has 1 aliphatic heterocycles. The molecule has 2 unspecified atom stereocenters.